The molecule has 0 aliphatic heterocycles. The van der Waals surface area contributed by atoms with Crippen LogP contribution in [-0.2, 0) is 9.59 Å². The molecule has 0 unspecified atom stereocenters. The summed E-state index contributed by atoms with van der Waals surface area (Å²) in [7, 11) is 0. The molecule has 1 aliphatic carbocycles. The first kappa shape index (κ1) is 18.6. The summed E-state index contributed by atoms with van der Waals surface area (Å²) in [4.78, 5) is 34.2. The van der Waals surface area contributed by atoms with E-state index in [0.717, 1.165) is 25.7 Å². The highest BCUT2D eigenvalue weighted by Gasteiger charge is 2.20. The molecular weight excluding hydrogens is 324 g/mol. The summed E-state index contributed by atoms with van der Waals surface area (Å²) in [6.45, 7) is 1.65. The van der Waals surface area contributed by atoms with Gasteiger partial charge in [-0.15, -0.1) is 0 Å². The van der Waals surface area contributed by atoms with E-state index in [9.17, 15) is 19.7 Å². The minimum atomic E-state index is -0.525. The second-order valence-electron chi connectivity index (χ2n) is 6.19. The largest absolute Gasteiger partial charge is 0.326 e. The lowest BCUT2D eigenvalue weighted by Crippen LogP contribution is -2.29. The topological polar surface area (TPSA) is 114 Å². The van der Waals surface area contributed by atoms with Crippen LogP contribution in [0.4, 0.5) is 11.4 Å². The van der Waals surface area contributed by atoms with Gasteiger partial charge in [0.25, 0.3) is 5.69 Å². The van der Waals surface area contributed by atoms with Crippen LogP contribution in [0, 0.1) is 16.0 Å². The standard InChI is InChI=1S/C17H22N4O4/c1-12(19-20-17(23)13-6-3-2-4-7-13)10-16(22)18-14-8-5-9-15(11-14)21(24)25/h5,8-9,11,13H,2-4,6-7,10H2,1H3,(H,18,22)(H,20,23). The van der Waals surface area contributed by atoms with E-state index in [1.807, 2.05) is 0 Å². The van der Waals surface area contributed by atoms with Crippen LogP contribution in [0.1, 0.15) is 45.4 Å². The second-order valence-corrected chi connectivity index (χ2v) is 6.19. The highest BCUT2D eigenvalue weighted by molar-refractivity contribution is 6.05. The molecule has 0 saturated heterocycles. The van der Waals surface area contributed by atoms with Crippen molar-refractivity contribution in [2.45, 2.75) is 45.4 Å². The number of anilines is 1. The molecule has 1 aliphatic rings. The molecule has 2 amide bonds. The maximum absolute atomic E-state index is 12.0. The fourth-order valence-corrected chi connectivity index (χ4v) is 2.78. The highest BCUT2D eigenvalue weighted by Crippen LogP contribution is 2.23. The number of rotatable bonds is 6. The predicted molar refractivity (Wildman–Crippen MR) is 94.2 cm³/mol. The Labute approximate surface area is 145 Å². The molecule has 134 valence electrons. The van der Waals surface area contributed by atoms with Gasteiger partial charge in [0.2, 0.25) is 11.8 Å². The Balaban J connectivity index is 1.83. The van der Waals surface area contributed by atoms with E-state index in [1.165, 1.54) is 24.6 Å². The molecule has 8 heteroatoms. The maximum Gasteiger partial charge on any atom is 0.271 e. The van der Waals surface area contributed by atoms with Crippen molar-refractivity contribution < 1.29 is 14.5 Å². The average molecular weight is 346 g/mol. The smallest absolute Gasteiger partial charge is 0.271 e. The lowest BCUT2D eigenvalue weighted by molar-refractivity contribution is -0.384. The van der Waals surface area contributed by atoms with Crippen LogP contribution < -0.4 is 10.7 Å². The van der Waals surface area contributed by atoms with Gasteiger partial charge in [0, 0.05) is 29.4 Å². The van der Waals surface area contributed by atoms with Crippen LogP contribution in [0.2, 0.25) is 0 Å². The molecule has 1 fully saturated rings. The Hall–Kier alpha value is -2.77. The summed E-state index contributed by atoms with van der Waals surface area (Å²) in [5.74, 6) is -0.448. The number of nitro benzene ring substituents is 1. The van der Waals surface area contributed by atoms with Crippen LogP contribution in [0.15, 0.2) is 29.4 Å². The lowest BCUT2D eigenvalue weighted by Gasteiger charge is -2.19. The van der Waals surface area contributed by atoms with Gasteiger partial charge in [-0.05, 0) is 25.8 Å². The Morgan fingerprint density at radius 2 is 2.00 bits per heavy atom. The maximum atomic E-state index is 12.0. The van der Waals surface area contributed by atoms with Crippen molar-refractivity contribution in [2.24, 2.45) is 11.0 Å². The predicted octanol–water partition coefficient (Wildman–Crippen LogP) is 3.00. The number of nitro groups is 1. The molecule has 2 rings (SSSR count). The van der Waals surface area contributed by atoms with Gasteiger partial charge in [-0.1, -0.05) is 25.3 Å². The summed E-state index contributed by atoms with van der Waals surface area (Å²) < 4.78 is 0. The van der Waals surface area contributed by atoms with Gasteiger partial charge >= 0.3 is 0 Å². The Bertz CT molecular complexity index is 681. The zero-order valence-electron chi connectivity index (χ0n) is 14.2. The first-order valence-electron chi connectivity index (χ1n) is 8.33. The van der Waals surface area contributed by atoms with Crippen LogP contribution >= 0.6 is 0 Å². The summed E-state index contributed by atoms with van der Waals surface area (Å²) >= 11 is 0. The first-order valence-corrected chi connectivity index (χ1v) is 8.33. The third-order valence-corrected chi connectivity index (χ3v) is 4.09. The first-order chi connectivity index (χ1) is 12.0. The molecule has 0 aromatic heterocycles. The number of non-ortho nitro benzene ring substituents is 1. The molecule has 1 saturated carbocycles. The number of nitrogens with one attached hydrogen (secondary N) is 2. The molecule has 0 heterocycles. The van der Waals surface area contributed by atoms with Crippen molar-refractivity contribution in [3.05, 3.63) is 34.4 Å². The number of benzene rings is 1. The van der Waals surface area contributed by atoms with E-state index in [4.69, 9.17) is 0 Å². The summed E-state index contributed by atoms with van der Waals surface area (Å²) in [5, 5.41) is 17.3. The average Bonchev–Trinajstić information content (AvgIpc) is 2.60. The lowest BCUT2D eigenvalue weighted by atomic mass is 9.89. The number of nitrogens with zero attached hydrogens (tertiary/aromatic N) is 2. The van der Waals surface area contributed by atoms with Crippen molar-refractivity contribution in [1.82, 2.24) is 5.43 Å². The van der Waals surface area contributed by atoms with E-state index >= 15 is 0 Å². The Morgan fingerprint density at radius 3 is 2.68 bits per heavy atom. The zero-order chi connectivity index (χ0) is 18.2. The van der Waals surface area contributed by atoms with Crippen molar-refractivity contribution in [2.75, 3.05) is 5.32 Å². The van der Waals surface area contributed by atoms with Gasteiger partial charge in [-0.25, -0.2) is 5.43 Å². The molecule has 8 nitrogen and oxygen atoms in total. The highest BCUT2D eigenvalue weighted by atomic mass is 16.6. The number of hydrogen-bond donors (Lipinski definition) is 2. The van der Waals surface area contributed by atoms with Crippen molar-refractivity contribution >= 4 is 28.9 Å². The summed E-state index contributed by atoms with van der Waals surface area (Å²) in [5.41, 5.74) is 3.24. The van der Waals surface area contributed by atoms with Gasteiger partial charge in [0.05, 0.1) is 11.3 Å². The Morgan fingerprint density at radius 1 is 1.28 bits per heavy atom. The summed E-state index contributed by atoms with van der Waals surface area (Å²) in [6, 6.07) is 5.71. The number of amides is 2. The minimum absolute atomic E-state index is 0.00370. The van der Waals surface area contributed by atoms with E-state index in [2.05, 4.69) is 15.8 Å². The molecule has 0 radical (unpaired) electrons. The molecule has 1 aromatic carbocycles. The van der Waals surface area contributed by atoms with Crippen LogP contribution in [-0.4, -0.2) is 22.4 Å². The molecule has 1 aromatic rings. The quantitative estimate of drug-likeness (QED) is 0.468. The van der Waals surface area contributed by atoms with Crippen molar-refractivity contribution in [3.63, 3.8) is 0 Å². The number of carbonyl (C=O) groups excluding carboxylic acids is 2. The van der Waals surface area contributed by atoms with E-state index in [-0.39, 0.29) is 29.8 Å². The molecule has 25 heavy (non-hydrogen) atoms. The number of hydrazone groups is 1. The molecular formula is C17H22N4O4. The number of hydrogen-bond acceptors (Lipinski definition) is 5. The van der Waals surface area contributed by atoms with E-state index in [1.54, 1.807) is 13.0 Å². The third kappa shape index (κ3) is 5.98. The normalized spacial score (nSPS) is 15.5. The van der Waals surface area contributed by atoms with E-state index in [0.29, 0.717) is 11.4 Å². The van der Waals surface area contributed by atoms with Gasteiger partial charge in [-0.3, -0.25) is 19.7 Å². The molecule has 0 atom stereocenters. The van der Waals surface area contributed by atoms with E-state index < -0.39 is 4.92 Å². The Kier molecular flexibility index (Phi) is 6.62. The van der Waals surface area contributed by atoms with Gasteiger partial charge < -0.3 is 5.32 Å². The van der Waals surface area contributed by atoms with Gasteiger partial charge in [-0.2, -0.15) is 5.10 Å². The zero-order valence-corrected chi connectivity index (χ0v) is 14.2. The molecule has 0 bridgehead atoms. The summed E-state index contributed by atoms with van der Waals surface area (Å²) in [6.07, 6.45) is 5.05. The van der Waals surface area contributed by atoms with Crippen LogP contribution in [0.25, 0.3) is 0 Å². The van der Waals surface area contributed by atoms with Crippen molar-refractivity contribution in [3.8, 4) is 0 Å². The monoisotopic (exact) mass is 346 g/mol. The SMILES string of the molecule is CC(CC(=O)Nc1cccc([N+](=O)[O-])c1)=NNC(=O)C1CCCCC1. The van der Waals surface area contributed by atoms with Gasteiger partial charge in [0.1, 0.15) is 0 Å². The fraction of sp³-hybridized carbons (Fsp3) is 0.471. The van der Waals surface area contributed by atoms with Crippen LogP contribution in [0.5, 0.6) is 0 Å². The van der Waals surface area contributed by atoms with Crippen LogP contribution in [0.3, 0.4) is 0 Å². The molecule has 0 spiro atoms. The minimum Gasteiger partial charge on any atom is -0.326 e. The van der Waals surface area contributed by atoms with Crippen molar-refractivity contribution in [1.29, 1.82) is 0 Å². The van der Waals surface area contributed by atoms with Gasteiger partial charge in [0.15, 0.2) is 0 Å². The second kappa shape index (κ2) is 8.91. The third-order valence-electron chi connectivity index (χ3n) is 4.09. The molecule has 2 N–H and O–H groups in total. The number of carbonyl (C=O) groups is 2. The fourth-order valence-electron chi connectivity index (χ4n) is 2.78.